The zero-order valence-electron chi connectivity index (χ0n) is 16.8. The number of thioether (sulfide) groups is 2. The number of para-hydroxylation sites is 2. The van der Waals surface area contributed by atoms with E-state index in [4.69, 9.17) is 4.98 Å². The van der Waals surface area contributed by atoms with Crippen molar-refractivity contribution in [3.63, 3.8) is 0 Å². The summed E-state index contributed by atoms with van der Waals surface area (Å²) in [4.78, 5) is 19.2. The Morgan fingerprint density at radius 1 is 0.968 bits per heavy atom. The number of aromatic nitrogens is 4. The Bertz CT molecular complexity index is 1150. The number of carbonyl (C=O) groups is 1. The van der Waals surface area contributed by atoms with Crippen LogP contribution >= 0.6 is 34.9 Å². The summed E-state index contributed by atoms with van der Waals surface area (Å²) >= 11 is 4.82. The smallest absolute Gasteiger partial charge is 0.233 e. The van der Waals surface area contributed by atoms with Gasteiger partial charge in [-0.25, -0.2) is 4.98 Å². The third-order valence-electron chi connectivity index (χ3n) is 5.10. The van der Waals surface area contributed by atoms with Gasteiger partial charge < -0.3 is 4.90 Å². The first kappa shape index (κ1) is 20.5. The van der Waals surface area contributed by atoms with E-state index in [-0.39, 0.29) is 5.91 Å². The van der Waals surface area contributed by atoms with Gasteiger partial charge in [0.15, 0.2) is 9.50 Å². The number of thiazole rings is 1. The molecule has 0 spiro atoms. The van der Waals surface area contributed by atoms with Gasteiger partial charge in [0.25, 0.3) is 0 Å². The maximum Gasteiger partial charge on any atom is 0.233 e. The van der Waals surface area contributed by atoms with Gasteiger partial charge in [0, 0.05) is 18.8 Å². The molecule has 0 N–H and O–H groups in total. The van der Waals surface area contributed by atoms with Crippen LogP contribution < -0.4 is 0 Å². The molecule has 2 aromatic heterocycles. The normalized spacial score (nSPS) is 13.9. The van der Waals surface area contributed by atoms with E-state index >= 15 is 0 Å². The first-order valence-electron chi connectivity index (χ1n) is 10.2. The van der Waals surface area contributed by atoms with Crippen molar-refractivity contribution in [1.82, 2.24) is 24.6 Å². The van der Waals surface area contributed by atoms with Gasteiger partial charge in [0.2, 0.25) is 5.91 Å². The predicted molar refractivity (Wildman–Crippen MR) is 127 cm³/mol. The highest BCUT2D eigenvalue weighted by molar-refractivity contribution is 8.00. The molecule has 0 saturated carbocycles. The summed E-state index contributed by atoms with van der Waals surface area (Å²) in [5.41, 5.74) is 2.03. The first-order chi connectivity index (χ1) is 15.3. The first-order valence-corrected chi connectivity index (χ1v) is 13.0. The van der Waals surface area contributed by atoms with Crippen molar-refractivity contribution in [3.05, 3.63) is 60.4 Å². The number of rotatable bonds is 7. The number of fused-ring (bicyclic) bond motifs is 1. The highest BCUT2D eigenvalue weighted by Crippen LogP contribution is 2.32. The van der Waals surface area contributed by atoms with Crippen LogP contribution in [-0.4, -0.2) is 49.4 Å². The van der Waals surface area contributed by atoms with Crippen molar-refractivity contribution in [2.75, 3.05) is 18.8 Å². The summed E-state index contributed by atoms with van der Waals surface area (Å²) in [7, 11) is 0. The van der Waals surface area contributed by atoms with Gasteiger partial charge in [-0.15, -0.1) is 21.5 Å². The van der Waals surface area contributed by atoms with Gasteiger partial charge >= 0.3 is 0 Å². The van der Waals surface area contributed by atoms with Crippen molar-refractivity contribution in [1.29, 1.82) is 0 Å². The Morgan fingerprint density at radius 2 is 1.74 bits per heavy atom. The molecule has 1 aliphatic heterocycles. The zero-order valence-corrected chi connectivity index (χ0v) is 19.3. The van der Waals surface area contributed by atoms with Crippen LogP contribution in [-0.2, 0) is 10.5 Å². The molecule has 0 atom stereocenters. The third kappa shape index (κ3) is 4.63. The van der Waals surface area contributed by atoms with Crippen LogP contribution in [0.2, 0.25) is 0 Å². The SMILES string of the molecule is O=C(CSc1nnc(CSc2nc3ccccc3s2)n1-c1ccccc1)N1CCCC1. The summed E-state index contributed by atoms with van der Waals surface area (Å²) in [6, 6.07) is 18.3. The molecule has 1 saturated heterocycles. The average Bonchev–Trinajstić information content (AvgIpc) is 3.56. The number of hydrogen-bond donors (Lipinski definition) is 0. The fraction of sp³-hybridized carbons (Fsp3) is 0.273. The lowest BCUT2D eigenvalue weighted by Gasteiger charge is -2.15. The summed E-state index contributed by atoms with van der Waals surface area (Å²) in [5.74, 6) is 2.07. The van der Waals surface area contributed by atoms with Crippen LogP contribution in [0, 0.1) is 0 Å². The van der Waals surface area contributed by atoms with E-state index in [1.54, 1.807) is 23.1 Å². The Balaban J connectivity index is 1.35. The summed E-state index contributed by atoms with van der Waals surface area (Å²) in [6.45, 7) is 1.74. The molecule has 5 rings (SSSR count). The van der Waals surface area contributed by atoms with Crippen molar-refractivity contribution in [3.8, 4) is 5.69 Å². The number of amides is 1. The van der Waals surface area contributed by atoms with Crippen molar-refractivity contribution < 1.29 is 4.79 Å². The molecule has 1 aliphatic rings. The number of carbonyl (C=O) groups excluding carboxylic acids is 1. The molecular formula is C22H21N5OS3. The van der Waals surface area contributed by atoms with Gasteiger partial charge in [-0.05, 0) is 37.1 Å². The van der Waals surface area contributed by atoms with E-state index < -0.39 is 0 Å². The lowest BCUT2D eigenvalue weighted by atomic mass is 10.3. The van der Waals surface area contributed by atoms with Crippen LogP contribution in [0.25, 0.3) is 15.9 Å². The summed E-state index contributed by atoms with van der Waals surface area (Å²) in [6.07, 6.45) is 2.20. The van der Waals surface area contributed by atoms with Crippen molar-refractivity contribution in [2.45, 2.75) is 28.1 Å². The quantitative estimate of drug-likeness (QED) is 0.361. The molecule has 0 radical (unpaired) electrons. The van der Waals surface area contributed by atoms with E-state index in [1.807, 2.05) is 53.4 Å². The second-order valence-electron chi connectivity index (χ2n) is 7.18. The Kier molecular flexibility index (Phi) is 6.24. The van der Waals surface area contributed by atoms with Gasteiger partial charge in [-0.2, -0.15) is 0 Å². The second-order valence-corrected chi connectivity index (χ2v) is 10.4. The van der Waals surface area contributed by atoms with E-state index in [9.17, 15) is 4.79 Å². The highest BCUT2D eigenvalue weighted by Gasteiger charge is 2.21. The van der Waals surface area contributed by atoms with Crippen LogP contribution in [0.1, 0.15) is 18.7 Å². The molecular weight excluding hydrogens is 446 g/mol. The van der Waals surface area contributed by atoms with Crippen LogP contribution in [0.3, 0.4) is 0 Å². The summed E-state index contributed by atoms with van der Waals surface area (Å²) < 4.78 is 4.26. The molecule has 3 heterocycles. The second kappa shape index (κ2) is 9.42. The van der Waals surface area contributed by atoms with E-state index in [2.05, 4.69) is 20.8 Å². The Labute approximate surface area is 193 Å². The van der Waals surface area contributed by atoms with E-state index in [0.717, 1.165) is 52.5 Å². The molecule has 1 amide bonds. The predicted octanol–water partition coefficient (Wildman–Crippen LogP) is 4.88. The topological polar surface area (TPSA) is 63.9 Å². The highest BCUT2D eigenvalue weighted by atomic mass is 32.2. The largest absolute Gasteiger partial charge is 0.342 e. The molecule has 6 nitrogen and oxygen atoms in total. The van der Waals surface area contributed by atoms with Crippen LogP contribution in [0.4, 0.5) is 0 Å². The number of benzene rings is 2. The molecule has 158 valence electrons. The minimum atomic E-state index is 0.176. The molecule has 0 unspecified atom stereocenters. The van der Waals surface area contributed by atoms with Gasteiger partial charge in [0.05, 0.1) is 21.7 Å². The third-order valence-corrected chi connectivity index (χ3v) is 8.19. The number of nitrogens with zero attached hydrogens (tertiary/aromatic N) is 5. The fourth-order valence-electron chi connectivity index (χ4n) is 3.55. The fourth-order valence-corrected chi connectivity index (χ4v) is 6.40. The van der Waals surface area contributed by atoms with Gasteiger partial charge in [0.1, 0.15) is 5.82 Å². The van der Waals surface area contributed by atoms with Crippen molar-refractivity contribution in [2.24, 2.45) is 0 Å². The minimum Gasteiger partial charge on any atom is -0.342 e. The maximum absolute atomic E-state index is 12.5. The van der Waals surface area contributed by atoms with Gasteiger partial charge in [-0.3, -0.25) is 9.36 Å². The average molecular weight is 468 g/mol. The lowest BCUT2D eigenvalue weighted by Crippen LogP contribution is -2.29. The molecule has 2 aromatic carbocycles. The monoisotopic (exact) mass is 467 g/mol. The van der Waals surface area contributed by atoms with E-state index in [0.29, 0.717) is 11.5 Å². The van der Waals surface area contributed by atoms with Crippen LogP contribution in [0.15, 0.2) is 64.1 Å². The Hall–Kier alpha value is -2.36. The standard InChI is InChI=1S/C22H21N5OS3/c28-20(26-12-6-7-13-26)15-29-21-25-24-19(27(21)16-8-2-1-3-9-16)14-30-22-23-17-10-4-5-11-18(17)31-22/h1-5,8-11H,6-7,12-15H2. The molecule has 4 aromatic rings. The molecule has 0 aliphatic carbocycles. The number of likely N-dealkylation sites (tertiary alicyclic amines) is 1. The zero-order chi connectivity index (χ0) is 21.0. The lowest BCUT2D eigenvalue weighted by molar-refractivity contribution is -0.127. The number of hydrogen-bond acceptors (Lipinski definition) is 7. The molecule has 31 heavy (non-hydrogen) atoms. The Morgan fingerprint density at radius 3 is 2.55 bits per heavy atom. The maximum atomic E-state index is 12.5. The molecule has 9 heteroatoms. The summed E-state index contributed by atoms with van der Waals surface area (Å²) in [5, 5.41) is 9.63. The molecule has 1 fully saturated rings. The van der Waals surface area contributed by atoms with Crippen LogP contribution in [0.5, 0.6) is 0 Å². The minimum absolute atomic E-state index is 0.176. The van der Waals surface area contributed by atoms with Crippen molar-refractivity contribution >= 4 is 51.0 Å². The van der Waals surface area contributed by atoms with E-state index in [1.165, 1.54) is 16.5 Å². The van der Waals surface area contributed by atoms with Gasteiger partial charge in [-0.1, -0.05) is 53.9 Å². The molecule has 0 bridgehead atoms.